The van der Waals surface area contributed by atoms with E-state index in [1.807, 2.05) is 6.92 Å². The van der Waals surface area contributed by atoms with Gasteiger partial charge in [0.15, 0.2) is 0 Å². The van der Waals surface area contributed by atoms with E-state index in [-0.39, 0.29) is 11.8 Å². The molecule has 3 atom stereocenters. The van der Waals surface area contributed by atoms with E-state index in [9.17, 15) is 4.79 Å². The van der Waals surface area contributed by atoms with E-state index in [4.69, 9.17) is 0 Å². The van der Waals surface area contributed by atoms with Crippen LogP contribution in [0.4, 0.5) is 0 Å². The average molecular weight is 210 g/mol. The van der Waals surface area contributed by atoms with Gasteiger partial charge in [-0.3, -0.25) is 4.79 Å². The molecule has 2 aliphatic rings. The zero-order valence-corrected chi connectivity index (χ0v) is 9.92. The molecule has 0 spiro atoms. The van der Waals surface area contributed by atoms with Crippen LogP contribution in [0.25, 0.3) is 0 Å². The zero-order chi connectivity index (χ0) is 11.0. The highest BCUT2D eigenvalue weighted by Crippen LogP contribution is 2.47. The lowest BCUT2D eigenvalue weighted by atomic mass is 9.97. The van der Waals surface area contributed by atoms with Gasteiger partial charge in [-0.2, -0.15) is 0 Å². The van der Waals surface area contributed by atoms with Crippen molar-refractivity contribution < 1.29 is 4.79 Å². The molecule has 2 fully saturated rings. The van der Waals surface area contributed by atoms with Crippen molar-refractivity contribution in [2.45, 2.75) is 20.8 Å². The van der Waals surface area contributed by atoms with Crippen molar-refractivity contribution in [1.29, 1.82) is 0 Å². The SMILES string of the molecule is CC(C)C(C)C(=O)NCC1C2CNCC21. The summed E-state index contributed by atoms with van der Waals surface area (Å²) in [6, 6.07) is 0. The van der Waals surface area contributed by atoms with Crippen molar-refractivity contribution in [3.63, 3.8) is 0 Å². The summed E-state index contributed by atoms with van der Waals surface area (Å²) in [6.07, 6.45) is 0. The van der Waals surface area contributed by atoms with Gasteiger partial charge in [0.05, 0.1) is 0 Å². The van der Waals surface area contributed by atoms with E-state index in [2.05, 4.69) is 24.5 Å². The van der Waals surface area contributed by atoms with Crippen LogP contribution in [0, 0.1) is 29.6 Å². The van der Waals surface area contributed by atoms with Gasteiger partial charge in [0.25, 0.3) is 0 Å². The molecule has 1 amide bonds. The van der Waals surface area contributed by atoms with Crippen molar-refractivity contribution in [3.8, 4) is 0 Å². The Morgan fingerprint density at radius 2 is 1.93 bits per heavy atom. The van der Waals surface area contributed by atoms with Crippen molar-refractivity contribution in [2.24, 2.45) is 29.6 Å². The van der Waals surface area contributed by atoms with Crippen molar-refractivity contribution >= 4 is 5.91 Å². The molecule has 0 bridgehead atoms. The summed E-state index contributed by atoms with van der Waals surface area (Å²) in [6.45, 7) is 9.41. The van der Waals surface area contributed by atoms with Crippen LogP contribution in [0.1, 0.15) is 20.8 Å². The molecule has 3 nitrogen and oxygen atoms in total. The third kappa shape index (κ3) is 2.17. The highest BCUT2D eigenvalue weighted by atomic mass is 16.1. The maximum atomic E-state index is 11.7. The Morgan fingerprint density at radius 3 is 2.47 bits per heavy atom. The Bertz CT molecular complexity index is 242. The molecule has 2 rings (SSSR count). The fraction of sp³-hybridized carbons (Fsp3) is 0.917. The summed E-state index contributed by atoms with van der Waals surface area (Å²) in [4.78, 5) is 11.7. The fourth-order valence-corrected chi connectivity index (χ4v) is 2.53. The minimum absolute atomic E-state index is 0.140. The van der Waals surface area contributed by atoms with E-state index in [1.54, 1.807) is 0 Å². The molecule has 15 heavy (non-hydrogen) atoms. The minimum atomic E-state index is 0.140. The number of amides is 1. The second kappa shape index (κ2) is 4.12. The summed E-state index contributed by atoms with van der Waals surface area (Å²) in [5.41, 5.74) is 0. The molecule has 0 aromatic heterocycles. The summed E-state index contributed by atoms with van der Waals surface area (Å²) >= 11 is 0. The molecular formula is C12H22N2O. The second-order valence-electron chi connectivity index (χ2n) is 5.43. The van der Waals surface area contributed by atoms with Crippen LogP contribution in [-0.2, 0) is 4.79 Å². The Balaban J connectivity index is 1.68. The quantitative estimate of drug-likeness (QED) is 0.722. The summed E-state index contributed by atoms with van der Waals surface area (Å²) in [7, 11) is 0. The van der Waals surface area contributed by atoms with Crippen molar-refractivity contribution in [1.82, 2.24) is 10.6 Å². The van der Waals surface area contributed by atoms with E-state index < -0.39 is 0 Å². The molecule has 1 saturated carbocycles. The van der Waals surface area contributed by atoms with Gasteiger partial charge in [-0.05, 0) is 36.8 Å². The van der Waals surface area contributed by atoms with Crippen LogP contribution in [0.2, 0.25) is 0 Å². The second-order valence-corrected chi connectivity index (χ2v) is 5.43. The van der Waals surface area contributed by atoms with Gasteiger partial charge in [-0.1, -0.05) is 20.8 Å². The first kappa shape index (κ1) is 10.9. The highest BCUT2D eigenvalue weighted by molar-refractivity contribution is 5.78. The number of piperidine rings is 1. The van der Waals surface area contributed by atoms with Crippen LogP contribution in [0.3, 0.4) is 0 Å². The molecule has 0 aromatic rings. The molecule has 3 unspecified atom stereocenters. The van der Waals surface area contributed by atoms with Gasteiger partial charge < -0.3 is 10.6 Å². The molecule has 0 aromatic carbocycles. The number of nitrogens with one attached hydrogen (secondary N) is 2. The van der Waals surface area contributed by atoms with Crippen molar-refractivity contribution in [2.75, 3.05) is 19.6 Å². The van der Waals surface area contributed by atoms with Crippen LogP contribution >= 0.6 is 0 Å². The Morgan fingerprint density at radius 1 is 1.33 bits per heavy atom. The van der Waals surface area contributed by atoms with Gasteiger partial charge in [0, 0.05) is 12.5 Å². The van der Waals surface area contributed by atoms with Crippen molar-refractivity contribution in [3.05, 3.63) is 0 Å². The third-order valence-electron chi connectivity index (χ3n) is 4.19. The lowest BCUT2D eigenvalue weighted by Gasteiger charge is -2.15. The normalized spacial score (nSPS) is 35.1. The van der Waals surface area contributed by atoms with Gasteiger partial charge in [0.2, 0.25) is 5.91 Å². The largest absolute Gasteiger partial charge is 0.356 e. The molecule has 1 aliphatic carbocycles. The Hall–Kier alpha value is -0.570. The molecule has 3 heteroatoms. The average Bonchev–Trinajstić information content (AvgIpc) is 2.64. The Labute approximate surface area is 92.0 Å². The van der Waals surface area contributed by atoms with Crippen LogP contribution in [0.15, 0.2) is 0 Å². The summed E-state index contributed by atoms with van der Waals surface area (Å²) in [5, 5.41) is 6.46. The monoisotopic (exact) mass is 210 g/mol. The summed E-state index contributed by atoms with van der Waals surface area (Å²) < 4.78 is 0. The molecular weight excluding hydrogens is 188 g/mol. The van der Waals surface area contributed by atoms with Crippen LogP contribution in [-0.4, -0.2) is 25.5 Å². The molecule has 0 radical (unpaired) electrons. The number of hydrogen-bond acceptors (Lipinski definition) is 2. The predicted molar refractivity (Wildman–Crippen MR) is 60.4 cm³/mol. The van der Waals surface area contributed by atoms with E-state index in [0.29, 0.717) is 5.92 Å². The fourth-order valence-electron chi connectivity index (χ4n) is 2.53. The number of rotatable bonds is 4. The van der Waals surface area contributed by atoms with Gasteiger partial charge >= 0.3 is 0 Å². The molecule has 86 valence electrons. The maximum absolute atomic E-state index is 11.7. The maximum Gasteiger partial charge on any atom is 0.223 e. The van der Waals surface area contributed by atoms with Gasteiger partial charge in [-0.25, -0.2) is 0 Å². The number of carbonyl (C=O) groups is 1. The minimum Gasteiger partial charge on any atom is -0.356 e. The first-order chi connectivity index (χ1) is 7.11. The smallest absolute Gasteiger partial charge is 0.223 e. The third-order valence-corrected chi connectivity index (χ3v) is 4.19. The standard InChI is InChI=1S/C12H22N2O/c1-7(2)8(3)12(15)14-6-11-9-4-13-5-10(9)11/h7-11,13H,4-6H2,1-3H3,(H,14,15). The molecule has 1 heterocycles. The van der Waals surface area contributed by atoms with E-state index in [1.165, 1.54) is 0 Å². The van der Waals surface area contributed by atoms with Gasteiger partial charge in [-0.15, -0.1) is 0 Å². The predicted octanol–water partition coefficient (Wildman–Crippen LogP) is 0.860. The first-order valence-corrected chi connectivity index (χ1v) is 6.09. The number of fused-ring (bicyclic) bond motifs is 1. The van der Waals surface area contributed by atoms with E-state index >= 15 is 0 Å². The lowest BCUT2D eigenvalue weighted by molar-refractivity contribution is -0.125. The van der Waals surface area contributed by atoms with Gasteiger partial charge in [0.1, 0.15) is 0 Å². The number of carbonyl (C=O) groups excluding carboxylic acids is 1. The van der Waals surface area contributed by atoms with Crippen LogP contribution in [0.5, 0.6) is 0 Å². The molecule has 2 N–H and O–H groups in total. The zero-order valence-electron chi connectivity index (χ0n) is 9.92. The lowest BCUT2D eigenvalue weighted by Crippen LogP contribution is -2.34. The van der Waals surface area contributed by atoms with Crippen LogP contribution < -0.4 is 10.6 Å². The summed E-state index contributed by atoms with van der Waals surface area (Å²) in [5.74, 6) is 3.25. The highest BCUT2D eigenvalue weighted by Gasteiger charge is 2.52. The topological polar surface area (TPSA) is 41.1 Å². The Kier molecular flexibility index (Phi) is 3.01. The molecule has 1 saturated heterocycles. The first-order valence-electron chi connectivity index (χ1n) is 6.09. The van der Waals surface area contributed by atoms with E-state index in [0.717, 1.165) is 37.4 Å². The molecule has 1 aliphatic heterocycles. The number of hydrogen-bond donors (Lipinski definition) is 2.